The third-order valence-electron chi connectivity index (χ3n) is 4.13. The fourth-order valence-corrected chi connectivity index (χ4v) is 2.80. The minimum absolute atomic E-state index is 0.183. The second-order valence-electron chi connectivity index (χ2n) is 6.24. The molecule has 1 saturated carbocycles. The van der Waals surface area contributed by atoms with E-state index in [0.29, 0.717) is 12.0 Å². The number of nitrogens with one attached hydrogen (secondary N) is 2. The van der Waals surface area contributed by atoms with Crippen molar-refractivity contribution in [1.82, 2.24) is 5.32 Å². The number of rotatable bonds is 5. The molecular formula is C17H26N2O. The average Bonchev–Trinajstić information content (AvgIpc) is 2.84. The van der Waals surface area contributed by atoms with E-state index >= 15 is 0 Å². The molecule has 1 aromatic carbocycles. The summed E-state index contributed by atoms with van der Waals surface area (Å²) in [7, 11) is 0. The highest BCUT2D eigenvalue weighted by Gasteiger charge is 2.29. The first-order chi connectivity index (χ1) is 9.56. The Bertz CT molecular complexity index is 439. The first-order valence-corrected chi connectivity index (χ1v) is 7.69. The van der Waals surface area contributed by atoms with Crippen molar-refractivity contribution in [2.24, 2.45) is 11.8 Å². The SMILES string of the molecule is CC(C)NCc1ccc(NC(=O)C2CCCC2C)cc1. The lowest BCUT2D eigenvalue weighted by molar-refractivity contribution is -0.120. The topological polar surface area (TPSA) is 41.1 Å². The molecule has 0 spiro atoms. The van der Waals surface area contributed by atoms with Crippen molar-refractivity contribution < 1.29 is 4.79 Å². The quantitative estimate of drug-likeness (QED) is 0.862. The van der Waals surface area contributed by atoms with Gasteiger partial charge in [-0.1, -0.05) is 39.3 Å². The van der Waals surface area contributed by atoms with Gasteiger partial charge in [0.05, 0.1) is 0 Å². The van der Waals surface area contributed by atoms with Crippen LogP contribution in [-0.2, 0) is 11.3 Å². The van der Waals surface area contributed by atoms with E-state index < -0.39 is 0 Å². The van der Waals surface area contributed by atoms with E-state index in [0.717, 1.165) is 18.7 Å². The van der Waals surface area contributed by atoms with Gasteiger partial charge < -0.3 is 10.6 Å². The van der Waals surface area contributed by atoms with Gasteiger partial charge in [0.2, 0.25) is 5.91 Å². The zero-order chi connectivity index (χ0) is 14.5. The lowest BCUT2D eigenvalue weighted by atomic mass is 9.97. The van der Waals surface area contributed by atoms with Crippen molar-refractivity contribution in [1.29, 1.82) is 0 Å². The van der Waals surface area contributed by atoms with Gasteiger partial charge in [-0.25, -0.2) is 0 Å². The molecule has 0 saturated heterocycles. The van der Waals surface area contributed by atoms with Crippen LogP contribution in [0.25, 0.3) is 0 Å². The van der Waals surface area contributed by atoms with Crippen LogP contribution in [0.15, 0.2) is 24.3 Å². The molecule has 3 nitrogen and oxygen atoms in total. The van der Waals surface area contributed by atoms with Crippen LogP contribution in [0.3, 0.4) is 0 Å². The standard InChI is InChI=1S/C17H26N2O/c1-12(2)18-11-14-7-9-15(10-8-14)19-17(20)16-6-4-5-13(16)3/h7-10,12-13,16,18H,4-6,11H2,1-3H3,(H,19,20). The number of carbonyl (C=O) groups excluding carboxylic acids is 1. The normalized spacial score (nSPS) is 22.2. The highest BCUT2D eigenvalue weighted by molar-refractivity contribution is 5.92. The highest BCUT2D eigenvalue weighted by Crippen LogP contribution is 2.32. The molecule has 1 fully saturated rings. The molecule has 2 N–H and O–H groups in total. The fourth-order valence-electron chi connectivity index (χ4n) is 2.80. The van der Waals surface area contributed by atoms with Gasteiger partial charge in [-0.2, -0.15) is 0 Å². The Morgan fingerprint density at radius 3 is 2.50 bits per heavy atom. The number of hydrogen-bond acceptors (Lipinski definition) is 2. The molecule has 0 aromatic heterocycles. The number of hydrogen-bond donors (Lipinski definition) is 2. The molecule has 20 heavy (non-hydrogen) atoms. The Balaban J connectivity index is 1.88. The van der Waals surface area contributed by atoms with Gasteiger partial charge in [-0.3, -0.25) is 4.79 Å². The third-order valence-corrected chi connectivity index (χ3v) is 4.13. The van der Waals surface area contributed by atoms with Crippen molar-refractivity contribution in [2.45, 2.75) is 52.6 Å². The Morgan fingerprint density at radius 1 is 1.25 bits per heavy atom. The summed E-state index contributed by atoms with van der Waals surface area (Å²) in [5.41, 5.74) is 2.15. The third kappa shape index (κ3) is 4.07. The molecule has 2 unspecified atom stereocenters. The van der Waals surface area contributed by atoms with E-state index in [1.54, 1.807) is 0 Å². The number of carbonyl (C=O) groups is 1. The molecule has 110 valence electrons. The molecular weight excluding hydrogens is 248 g/mol. The Morgan fingerprint density at radius 2 is 1.95 bits per heavy atom. The van der Waals surface area contributed by atoms with E-state index in [9.17, 15) is 4.79 Å². The Kier molecular flexibility index (Phi) is 5.18. The van der Waals surface area contributed by atoms with E-state index in [-0.39, 0.29) is 11.8 Å². The van der Waals surface area contributed by atoms with Gasteiger partial charge in [0.15, 0.2) is 0 Å². The summed E-state index contributed by atoms with van der Waals surface area (Å²) in [4.78, 5) is 12.2. The largest absolute Gasteiger partial charge is 0.326 e. The second-order valence-corrected chi connectivity index (χ2v) is 6.24. The Hall–Kier alpha value is -1.35. The number of anilines is 1. The van der Waals surface area contributed by atoms with Crippen LogP contribution in [0.2, 0.25) is 0 Å². The summed E-state index contributed by atoms with van der Waals surface area (Å²) < 4.78 is 0. The maximum Gasteiger partial charge on any atom is 0.227 e. The van der Waals surface area contributed by atoms with Crippen LogP contribution >= 0.6 is 0 Å². The van der Waals surface area contributed by atoms with Crippen molar-refractivity contribution in [2.75, 3.05) is 5.32 Å². The predicted molar refractivity (Wildman–Crippen MR) is 83.6 cm³/mol. The number of benzene rings is 1. The molecule has 0 bridgehead atoms. The van der Waals surface area contributed by atoms with Crippen molar-refractivity contribution in [3.05, 3.63) is 29.8 Å². The Labute approximate surface area is 122 Å². The first-order valence-electron chi connectivity index (χ1n) is 7.69. The summed E-state index contributed by atoms with van der Waals surface area (Å²) in [6.45, 7) is 7.32. The molecule has 0 radical (unpaired) electrons. The van der Waals surface area contributed by atoms with Crippen LogP contribution in [0.1, 0.15) is 45.6 Å². The lowest BCUT2D eigenvalue weighted by Gasteiger charge is -2.15. The summed E-state index contributed by atoms with van der Waals surface area (Å²) in [5, 5.41) is 6.43. The molecule has 1 aliphatic carbocycles. The molecule has 3 heteroatoms. The van der Waals surface area contributed by atoms with Crippen LogP contribution in [0.4, 0.5) is 5.69 Å². The summed E-state index contributed by atoms with van der Waals surface area (Å²) in [5.74, 6) is 0.893. The monoisotopic (exact) mass is 274 g/mol. The molecule has 2 rings (SSSR count). The summed E-state index contributed by atoms with van der Waals surface area (Å²) >= 11 is 0. The molecule has 1 aromatic rings. The van der Waals surface area contributed by atoms with E-state index in [1.807, 2.05) is 12.1 Å². The summed E-state index contributed by atoms with van der Waals surface area (Å²) in [6, 6.07) is 8.62. The van der Waals surface area contributed by atoms with Crippen molar-refractivity contribution >= 4 is 11.6 Å². The van der Waals surface area contributed by atoms with E-state index in [4.69, 9.17) is 0 Å². The first kappa shape index (κ1) is 15.0. The maximum absolute atomic E-state index is 12.2. The van der Waals surface area contributed by atoms with E-state index in [2.05, 4.69) is 43.5 Å². The summed E-state index contributed by atoms with van der Waals surface area (Å²) in [6.07, 6.45) is 3.39. The molecule has 1 aliphatic rings. The maximum atomic E-state index is 12.2. The minimum atomic E-state index is 0.183. The molecule has 0 heterocycles. The van der Waals surface area contributed by atoms with Crippen molar-refractivity contribution in [3.63, 3.8) is 0 Å². The van der Waals surface area contributed by atoms with Crippen LogP contribution in [0.5, 0.6) is 0 Å². The number of amides is 1. The smallest absolute Gasteiger partial charge is 0.227 e. The second kappa shape index (κ2) is 6.89. The van der Waals surface area contributed by atoms with Crippen LogP contribution < -0.4 is 10.6 Å². The van der Waals surface area contributed by atoms with Crippen LogP contribution in [0, 0.1) is 11.8 Å². The minimum Gasteiger partial charge on any atom is -0.326 e. The molecule has 2 atom stereocenters. The van der Waals surface area contributed by atoms with Gasteiger partial charge in [0.1, 0.15) is 0 Å². The zero-order valence-corrected chi connectivity index (χ0v) is 12.8. The zero-order valence-electron chi connectivity index (χ0n) is 12.8. The predicted octanol–water partition coefficient (Wildman–Crippen LogP) is 3.56. The van der Waals surface area contributed by atoms with Gasteiger partial charge >= 0.3 is 0 Å². The van der Waals surface area contributed by atoms with Crippen molar-refractivity contribution in [3.8, 4) is 0 Å². The van der Waals surface area contributed by atoms with Gasteiger partial charge in [0.25, 0.3) is 0 Å². The fraction of sp³-hybridized carbons (Fsp3) is 0.588. The highest BCUT2D eigenvalue weighted by atomic mass is 16.1. The van der Waals surface area contributed by atoms with Gasteiger partial charge in [-0.15, -0.1) is 0 Å². The molecule has 0 aliphatic heterocycles. The molecule has 1 amide bonds. The lowest BCUT2D eigenvalue weighted by Crippen LogP contribution is -2.24. The van der Waals surface area contributed by atoms with E-state index in [1.165, 1.54) is 18.4 Å². The average molecular weight is 274 g/mol. The van der Waals surface area contributed by atoms with Gasteiger partial charge in [0, 0.05) is 24.2 Å². The van der Waals surface area contributed by atoms with Crippen LogP contribution in [-0.4, -0.2) is 11.9 Å². The van der Waals surface area contributed by atoms with Gasteiger partial charge in [-0.05, 0) is 36.5 Å².